The van der Waals surface area contributed by atoms with Gasteiger partial charge in [0.15, 0.2) is 0 Å². The topological polar surface area (TPSA) is 79.2 Å². The summed E-state index contributed by atoms with van der Waals surface area (Å²) < 4.78 is 2.23. The van der Waals surface area contributed by atoms with Crippen molar-refractivity contribution in [1.82, 2.24) is 14.9 Å². The molecule has 2 aromatic carbocycles. The fraction of sp³-hybridized carbons (Fsp3) is 0.568. The predicted octanol–water partition coefficient (Wildman–Crippen LogP) is 8.26. The molecule has 1 aromatic heterocycles. The van der Waals surface area contributed by atoms with Crippen molar-refractivity contribution in [3.8, 4) is 11.3 Å². The molecule has 2 heterocycles. The summed E-state index contributed by atoms with van der Waals surface area (Å²) in [6.07, 6.45) is 19.0. The van der Waals surface area contributed by atoms with E-state index in [1.807, 2.05) is 36.8 Å². The lowest BCUT2D eigenvalue weighted by atomic mass is 9.48. The van der Waals surface area contributed by atoms with Gasteiger partial charge in [-0.15, -0.1) is 0 Å². The molecule has 2 amide bonds. The molecule has 5 aliphatic rings. The Morgan fingerprint density at radius 3 is 2.56 bits per heavy atom. The Hall–Kier alpha value is -3.12. The molecule has 4 saturated carbocycles. The third-order valence-corrected chi connectivity index (χ3v) is 11.3. The first kappa shape index (κ1) is 28.6. The van der Waals surface area contributed by atoms with Crippen LogP contribution < -0.4 is 10.6 Å². The van der Waals surface area contributed by atoms with E-state index in [1.165, 1.54) is 67.3 Å². The van der Waals surface area contributed by atoms with Gasteiger partial charge in [-0.1, -0.05) is 74.1 Å². The summed E-state index contributed by atoms with van der Waals surface area (Å²) in [6, 6.07) is 16.8. The Labute approximate surface area is 256 Å². The van der Waals surface area contributed by atoms with E-state index in [1.54, 1.807) is 0 Å². The number of aromatic nitrogens is 2. The summed E-state index contributed by atoms with van der Waals surface area (Å²) in [5, 5.41) is 17.4. The zero-order valence-corrected chi connectivity index (χ0v) is 25.7. The number of nitrogens with one attached hydrogen (secondary N) is 2. The van der Waals surface area contributed by atoms with Gasteiger partial charge >= 0.3 is 6.03 Å². The van der Waals surface area contributed by atoms with Crippen LogP contribution in [0.15, 0.2) is 61.1 Å². The molecule has 3 aromatic rings. The van der Waals surface area contributed by atoms with E-state index in [4.69, 9.17) is 0 Å². The lowest BCUT2D eigenvalue weighted by molar-refractivity contribution is -0.0643. The summed E-state index contributed by atoms with van der Waals surface area (Å²) in [4.78, 5) is 17.3. The Morgan fingerprint density at radius 1 is 1.00 bits per heavy atom. The Balaban J connectivity index is 0.814. The number of benzene rings is 2. The third-order valence-electron chi connectivity index (χ3n) is 11.3. The van der Waals surface area contributed by atoms with Gasteiger partial charge in [0.2, 0.25) is 0 Å². The van der Waals surface area contributed by atoms with E-state index in [2.05, 4.69) is 51.4 Å². The maximum absolute atomic E-state index is 12.9. The van der Waals surface area contributed by atoms with Crippen molar-refractivity contribution in [2.45, 2.75) is 108 Å². The number of unbranched alkanes of at least 4 members (excludes halogenated alkanes) is 4. The van der Waals surface area contributed by atoms with Crippen molar-refractivity contribution in [3.05, 3.63) is 72.2 Å². The molecule has 43 heavy (non-hydrogen) atoms. The molecular weight excluding hydrogens is 532 g/mol. The van der Waals surface area contributed by atoms with Gasteiger partial charge in [0.05, 0.1) is 30.4 Å². The number of fused-ring (bicyclic) bond motifs is 3. The molecule has 4 fully saturated rings. The Bertz CT molecular complexity index is 1400. The van der Waals surface area contributed by atoms with Crippen LogP contribution >= 0.6 is 0 Å². The van der Waals surface area contributed by atoms with E-state index in [0.717, 1.165) is 67.9 Å². The Kier molecular flexibility index (Phi) is 8.06. The minimum atomic E-state index is -0.278. The summed E-state index contributed by atoms with van der Waals surface area (Å²) in [7, 11) is 0. The number of hydrogen-bond acceptors (Lipinski definition) is 3. The standard InChI is InChI=1S/C37H48N4O2/c1-25-13-15-29(16-14-25)39-36(43)40-37-20-26-17-27(21-37)31(28(18-26)22-37)10-6-4-2-3-5-9-30(42)19-34-32-11-7-8-12-33(32)35-23-38-24-41(34)35/h7-8,11-16,23-24,26-28,30-31,34,42H,2-6,9-10,17-22H2,1H3,(H2,39,40,43). The molecule has 4 unspecified atom stereocenters. The number of rotatable bonds is 12. The van der Waals surface area contributed by atoms with Crippen molar-refractivity contribution in [1.29, 1.82) is 0 Å². The molecule has 1 aliphatic heterocycles. The number of nitrogens with zero attached hydrogens (tertiary/aromatic N) is 2. The molecular formula is C37H48N4O2. The zero-order chi connectivity index (χ0) is 29.4. The molecule has 8 rings (SSSR count). The van der Waals surface area contributed by atoms with Crippen LogP contribution in [0.5, 0.6) is 0 Å². The number of aliphatic hydroxyl groups is 1. The van der Waals surface area contributed by atoms with Crippen molar-refractivity contribution in [2.24, 2.45) is 23.7 Å². The maximum Gasteiger partial charge on any atom is 0.319 e. The van der Waals surface area contributed by atoms with Gasteiger partial charge in [-0.3, -0.25) is 0 Å². The SMILES string of the molecule is Cc1ccc(NC(=O)NC23CC4CC(C2)C(CCCCCCCC(O)CC2c5ccccc5-c5cncn52)C(C4)C3)cc1. The predicted molar refractivity (Wildman–Crippen MR) is 172 cm³/mol. The van der Waals surface area contributed by atoms with Crippen LogP contribution in [-0.2, 0) is 0 Å². The first-order valence-electron chi connectivity index (χ1n) is 16.9. The minimum Gasteiger partial charge on any atom is -0.393 e. The van der Waals surface area contributed by atoms with Gasteiger partial charge in [0, 0.05) is 16.8 Å². The van der Waals surface area contributed by atoms with Crippen molar-refractivity contribution >= 4 is 11.7 Å². The minimum absolute atomic E-state index is 0.00260. The summed E-state index contributed by atoms with van der Waals surface area (Å²) in [6.45, 7) is 2.07. The second-order valence-electron chi connectivity index (χ2n) is 14.4. The second-order valence-corrected chi connectivity index (χ2v) is 14.4. The number of aliphatic hydroxyl groups excluding tert-OH is 1. The first-order valence-corrected chi connectivity index (χ1v) is 16.9. The highest BCUT2D eigenvalue weighted by atomic mass is 16.3. The van der Waals surface area contributed by atoms with Crippen LogP contribution in [0, 0.1) is 30.6 Å². The lowest BCUT2D eigenvalue weighted by Gasteiger charge is -2.60. The van der Waals surface area contributed by atoms with E-state index < -0.39 is 0 Å². The highest BCUT2D eigenvalue weighted by Crippen LogP contribution is 2.59. The zero-order valence-electron chi connectivity index (χ0n) is 25.7. The van der Waals surface area contributed by atoms with Gasteiger partial charge in [-0.2, -0.15) is 0 Å². The number of urea groups is 1. The van der Waals surface area contributed by atoms with Gasteiger partial charge in [0.1, 0.15) is 0 Å². The second kappa shape index (κ2) is 12.1. The molecule has 6 heteroatoms. The number of carbonyl (C=O) groups is 1. The van der Waals surface area contributed by atoms with Crippen LogP contribution in [0.2, 0.25) is 0 Å². The molecule has 228 valence electrons. The number of amides is 2. The average molecular weight is 581 g/mol. The largest absolute Gasteiger partial charge is 0.393 e. The highest BCUT2D eigenvalue weighted by molar-refractivity contribution is 5.89. The smallest absolute Gasteiger partial charge is 0.319 e. The summed E-state index contributed by atoms with van der Waals surface area (Å²) >= 11 is 0. The van der Waals surface area contributed by atoms with E-state index in [-0.39, 0.29) is 23.7 Å². The lowest BCUT2D eigenvalue weighted by Crippen LogP contribution is -2.62. The van der Waals surface area contributed by atoms with Gasteiger partial charge in [0.25, 0.3) is 0 Å². The molecule has 0 radical (unpaired) electrons. The Morgan fingerprint density at radius 2 is 1.74 bits per heavy atom. The van der Waals surface area contributed by atoms with Crippen LogP contribution in [0.4, 0.5) is 10.5 Å². The van der Waals surface area contributed by atoms with Crippen LogP contribution in [0.1, 0.15) is 101 Å². The van der Waals surface area contributed by atoms with Crippen LogP contribution in [0.25, 0.3) is 11.3 Å². The van der Waals surface area contributed by atoms with E-state index >= 15 is 0 Å². The molecule has 4 atom stereocenters. The van der Waals surface area contributed by atoms with Crippen molar-refractivity contribution < 1.29 is 9.90 Å². The molecule has 3 N–H and O–H groups in total. The number of anilines is 1. The summed E-state index contributed by atoms with van der Waals surface area (Å²) in [5.74, 6) is 3.18. The van der Waals surface area contributed by atoms with Crippen molar-refractivity contribution in [3.63, 3.8) is 0 Å². The molecule has 4 aliphatic carbocycles. The normalized spacial score (nSPS) is 28.8. The van der Waals surface area contributed by atoms with Crippen LogP contribution in [-0.4, -0.2) is 32.3 Å². The average Bonchev–Trinajstić information content (AvgIpc) is 3.57. The quantitative estimate of drug-likeness (QED) is 0.189. The van der Waals surface area contributed by atoms with E-state index in [9.17, 15) is 9.90 Å². The fourth-order valence-corrected chi connectivity index (χ4v) is 9.63. The van der Waals surface area contributed by atoms with Crippen LogP contribution in [0.3, 0.4) is 0 Å². The van der Waals surface area contributed by atoms with E-state index in [0.29, 0.717) is 0 Å². The number of carbonyl (C=O) groups excluding carboxylic acids is 1. The summed E-state index contributed by atoms with van der Waals surface area (Å²) in [5.41, 5.74) is 5.81. The maximum atomic E-state index is 12.9. The number of hydrogen-bond donors (Lipinski definition) is 3. The molecule has 4 bridgehead atoms. The number of imidazole rings is 1. The first-order chi connectivity index (χ1) is 21.0. The van der Waals surface area contributed by atoms with Gasteiger partial charge in [-0.25, -0.2) is 9.78 Å². The highest BCUT2D eigenvalue weighted by Gasteiger charge is 2.55. The fourth-order valence-electron chi connectivity index (χ4n) is 9.63. The number of aryl methyl sites for hydroxylation is 1. The van der Waals surface area contributed by atoms with Gasteiger partial charge in [-0.05, 0) is 99.7 Å². The van der Waals surface area contributed by atoms with Gasteiger partial charge < -0.3 is 20.3 Å². The third kappa shape index (κ3) is 6.00. The van der Waals surface area contributed by atoms with Crippen molar-refractivity contribution in [2.75, 3.05) is 5.32 Å². The molecule has 6 nitrogen and oxygen atoms in total. The monoisotopic (exact) mass is 580 g/mol. The molecule has 0 saturated heterocycles. The molecule has 0 spiro atoms.